The minimum absolute atomic E-state index is 0.0509. The van der Waals surface area contributed by atoms with E-state index in [1.54, 1.807) is 12.1 Å². The standard InChI is InChI=1S/C22H25Cl2N5O4S/c1-3-14-12-29(27-20(14)15-4-6-16(23)7-5-15)22(26-19(13(2)30)21(25)31)28-34(32,33)18-10-8-17(24)9-11-18/h4-11,13-14,19,30H,3,12H2,1-2H3,(H2,25,31)(H,26,28). The summed E-state index contributed by atoms with van der Waals surface area (Å²) in [5.41, 5.74) is 6.93. The summed E-state index contributed by atoms with van der Waals surface area (Å²) < 4.78 is 28.5. The number of guanidine groups is 1. The Labute approximate surface area is 208 Å². The highest BCUT2D eigenvalue weighted by molar-refractivity contribution is 7.90. The first-order valence-corrected chi connectivity index (χ1v) is 12.7. The van der Waals surface area contributed by atoms with Gasteiger partial charge in [-0.25, -0.2) is 23.1 Å². The summed E-state index contributed by atoms with van der Waals surface area (Å²) in [6, 6.07) is 11.3. The second kappa shape index (κ2) is 10.7. The van der Waals surface area contributed by atoms with Crippen LogP contribution in [0.5, 0.6) is 0 Å². The second-order valence-corrected chi connectivity index (χ2v) is 10.3. The van der Waals surface area contributed by atoms with E-state index in [1.807, 2.05) is 19.1 Å². The lowest BCUT2D eigenvalue weighted by atomic mass is 9.95. The number of nitrogens with zero attached hydrogens (tertiary/aromatic N) is 3. The fraction of sp³-hybridized carbons (Fsp3) is 0.318. The van der Waals surface area contributed by atoms with Gasteiger partial charge >= 0.3 is 0 Å². The molecule has 3 rings (SSSR count). The molecule has 1 amide bonds. The summed E-state index contributed by atoms with van der Waals surface area (Å²) in [5, 5.41) is 16.9. The number of nitrogens with two attached hydrogens (primary N) is 1. The average molecular weight is 526 g/mol. The molecule has 3 unspecified atom stereocenters. The number of amides is 1. The van der Waals surface area contributed by atoms with Crippen LogP contribution >= 0.6 is 23.2 Å². The number of carbonyl (C=O) groups excluding carboxylic acids is 1. The topological polar surface area (TPSA) is 137 Å². The van der Waals surface area contributed by atoms with E-state index in [2.05, 4.69) is 14.8 Å². The van der Waals surface area contributed by atoms with Gasteiger partial charge < -0.3 is 10.8 Å². The van der Waals surface area contributed by atoms with Crippen molar-refractivity contribution >= 4 is 50.8 Å². The summed E-state index contributed by atoms with van der Waals surface area (Å²) in [6.45, 7) is 3.61. The largest absolute Gasteiger partial charge is 0.391 e. The number of primary amides is 1. The van der Waals surface area contributed by atoms with Crippen molar-refractivity contribution < 1.29 is 18.3 Å². The lowest BCUT2D eigenvalue weighted by Crippen LogP contribution is -2.45. The molecule has 1 heterocycles. The molecule has 182 valence electrons. The molecule has 0 fully saturated rings. The average Bonchev–Trinajstić information content (AvgIpc) is 3.21. The van der Waals surface area contributed by atoms with Gasteiger partial charge in [0.25, 0.3) is 10.0 Å². The number of rotatable bonds is 7. The molecule has 2 aromatic carbocycles. The zero-order valence-electron chi connectivity index (χ0n) is 18.5. The van der Waals surface area contributed by atoms with Crippen molar-refractivity contribution in [3.63, 3.8) is 0 Å². The van der Waals surface area contributed by atoms with Gasteiger partial charge in [0, 0.05) is 16.0 Å². The highest BCUT2D eigenvalue weighted by Crippen LogP contribution is 2.24. The normalized spacial score (nSPS) is 18.4. The van der Waals surface area contributed by atoms with E-state index in [-0.39, 0.29) is 16.8 Å². The first-order valence-electron chi connectivity index (χ1n) is 10.5. The molecule has 9 nitrogen and oxygen atoms in total. The fourth-order valence-corrected chi connectivity index (χ4v) is 4.66. The number of hydrogen-bond acceptors (Lipinski definition) is 6. The zero-order valence-corrected chi connectivity index (χ0v) is 20.8. The highest BCUT2D eigenvalue weighted by atomic mass is 35.5. The minimum atomic E-state index is -4.12. The van der Waals surface area contributed by atoms with Crippen LogP contribution in [0.1, 0.15) is 25.8 Å². The number of hydrogen-bond donors (Lipinski definition) is 3. The van der Waals surface area contributed by atoms with Gasteiger partial charge in [0.1, 0.15) is 0 Å². The summed E-state index contributed by atoms with van der Waals surface area (Å²) in [5.74, 6) is -1.20. The molecular weight excluding hydrogens is 501 g/mol. The third kappa shape index (κ3) is 6.06. The quantitative estimate of drug-likeness (QED) is 0.376. The van der Waals surface area contributed by atoms with Gasteiger partial charge in [0.2, 0.25) is 11.9 Å². The molecule has 0 spiro atoms. The van der Waals surface area contributed by atoms with Gasteiger partial charge in [-0.05, 0) is 55.3 Å². The number of hydrazone groups is 1. The Morgan fingerprint density at radius 1 is 1.21 bits per heavy atom. The summed E-state index contributed by atoms with van der Waals surface area (Å²) in [4.78, 5) is 16.0. The molecule has 1 aliphatic heterocycles. The third-order valence-corrected chi connectivity index (χ3v) is 7.09. The number of aliphatic hydroxyl groups is 1. The Bertz CT molecular complexity index is 1200. The molecule has 0 aliphatic carbocycles. The first-order chi connectivity index (χ1) is 16.0. The van der Waals surface area contributed by atoms with Gasteiger partial charge in [-0.2, -0.15) is 5.10 Å². The minimum Gasteiger partial charge on any atom is -0.391 e. The van der Waals surface area contributed by atoms with E-state index in [1.165, 1.54) is 36.2 Å². The SMILES string of the molecule is CCC1CN(C(=NC(C(N)=O)C(C)O)NS(=O)(=O)c2ccc(Cl)cc2)N=C1c1ccc(Cl)cc1. The Morgan fingerprint density at radius 2 is 1.76 bits per heavy atom. The monoisotopic (exact) mass is 525 g/mol. The molecule has 12 heteroatoms. The number of aliphatic imine (C=N–C) groups is 1. The summed E-state index contributed by atoms with van der Waals surface area (Å²) in [6.07, 6.45) is -0.540. The number of sulfonamides is 1. The van der Waals surface area contributed by atoms with Crippen LogP contribution in [-0.2, 0) is 14.8 Å². The van der Waals surface area contributed by atoms with E-state index in [4.69, 9.17) is 28.9 Å². The predicted octanol–water partition coefficient (Wildman–Crippen LogP) is 2.61. The maximum atomic E-state index is 13.1. The summed E-state index contributed by atoms with van der Waals surface area (Å²) in [7, 11) is -4.12. The number of nitrogens with one attached hydrogen (secondary N) is 1. The van der Waals surface area contributed by atoms with Crippen LogP contribution < -0.4 is 10.5 Å². The second-order valence-electron chi connectivity index (χ2n) is 7.78. The molecule has 0 radical (unpaired) electrons. The van der Waals surface area contributed by atoms with Crippen LogP contribution in [0.15, 0.2) is 63.5 Å². The van der Waals surface area contributed by atoms with E-state index in [0.717, 1.165) is 5.56 Å². The van der Waals surface area contributed by atoms with Crippen LogP contribution in [0, 0.1) is 5.92 Å². The van der Waals surface area contributed by atoms with Crippen molar-refractivity contribution in [1.29, 1.82) is 0 Å². The van der Waals surface area contributed by atoms with Crippen LogP contribution in [0.3, 0.4) is 0 Å². The van der Waals surface area contributed by atoms with Crippen molar-refractivity contribution in [2.45, 2.75) is 37.3 Å². The van der Waals surface area contributed by atoms with Crippen LogP contribution in [0.25, 0.3) is 0 Å². The van der Waals surface area contributed by atoms with Gasteiger partial charge in [0.05, 0.1) is 23.3 Å². The van der Waals surface area contributed by atoms with Gasteiger partial charge in [-0.3, -0.25) is 4.79 Å². The zero-order chi connectivity index (χ0) is 25.0. The van der Waals surface area contributed by atoms with E-state index >= 15 is 0 Å². The number of carbonyl (C=O) groups is 1. The van der Waals surface area contributed by atoms with E-state index < -0.39 is 28.1 Å². The summed E-state index contributed by atoms with van der Waals surface area (Å²) >= 11 is 11.9. The fourth-order valence-electron chi connectivity index (χ4n) is 3.40. The lowest BCUT2D eigenvalue weighted by molar-refractivity contribution is -0.121. The number of benzene rings is 2. The smallest absolute Gasteiger partial charge is 0.264 e. The Hall–Kier alpha value is -2.66. The third-order valence-electron chi connectivity index (χ3n) is 5.25. The molecule has 4 N–H and O–H groups in total. The number of halogens is 2. The van der Waals surface area contributed by atoms with Crippen molar-refractivity contribution in [3.8, 4) is 0 Å². The molecule has 0 aromatic heterocycles. The van der Waals surface area contributed by atoms with Crippen LogP contribution in [-0.4, -0.2) is 54.8 Å². The molecule has 0 bridgehead atoms. The number of aliphatic hydroxyl groups excluding tert-OH is 1. The molecule has 1 aliphatic rings. The maximum absolute atomic E-state index is 13.1. The highest BCUT2D eigenvalue weighted by Gasteiger charge is 2.33. The van der Waals surface area contributed by atoms with E-state index in [9.17, 15) is 18.3 Å². The van der Waals surface area contributed by atoms with Gasteiger partial charge in [-0.1, -0.05) is 42.3 Å². The van der Waals surface area contributed by atoms with Crippen LogP contribution in [0.4, 0.5) is 0 Å². The van der Waals surface area contributed by atoms with Crippen LogP contribution in [0.2, 0.25) is 10.0 Å². The Kier molecular flexibility index (Phi) is 8.19. The molecule has 34 heavy (non-hydrogen) atoms. The van der Waals surface area contributed by atoms with Crippen molar-refractivity contribution in [2.75, 3.05) is 6.54 Å². The Balaban J connectivity index is 2.05. The predicted molar refractivity (Wildman–Crippen MR) is 132 cm³/mol. The van der Waals surface area contributed by atoms with E-state index in [0.29, 0.717) is 28.7 Å². The molecule has 0 saturated carbocycles. The molecule has 2 aromatic rings. The lowest BCUT2D eigenvalue weighted by Gasteiger charge is -2.22. The van der Waals surface area contributed by atoms with Gasteiger partial charge in [-0.15, -0.1) is 0 Å². The Morgan fingerprint density at radius 3 is 2.26 bits per heavy atom. The van der Waals surface area contributed by atoms with Crippen molar-refractivity contribution in [3.05, 3.63) is 64.1 Å². The molecule has 3 atom stereocenters. The first kappa shape index (κ1) is 26.0. The van der Waals surface area contributed by atoms with Gasteiger partial charge in [0.15, 0.2) is 6.04 Å². The molecular formula is C22H25Cl2N5O4S. The van der Waals surface area contributed by atoms with Crippen molar-refractivity contribution in [2.24, 2.45) is 21.7 Å². The maximum Gasteiger partial charge on any atom is 0.264 e. The molecule has 0 saturated heterocycles. The van der Waals surface area contributed by atoms with Crippen molar-refractivity contribution in [1.82, 2.24) is 9.73 Å².